The van der Waals surface area contributed by atoms with Gasteiger partial charge in [-0.15, -0.1) is 0 Å². The molecule has 1 aliphatic rings. The van der Waals surface area contributed by atoms with E-state index in [0.29, 0.717) is 25.8 Å². The normalized spacial score (nSPS) is 16.6. The lowest BCUT2D eigenvalue weighted by molar-refractivity contribution is 0.0390. The van der Waals surface area contributed by atoms with Crippen LogP contribution >= 0.6 is 0 Å². The number of rotatable bonds is 6. The highest BCUT2D eigenvalue weighted by atomic mass is 32.2. The molecule has 2 N–H and O–H groups in total. The number of carboxylic acid groups (broad SMARTS) is 1. The van der Waals surface area contributed by atoms with Gasteiger partial charge < -0.3 is 9.84 Å². The topological polar surface area (TPSA) is 95.9 Å². The monoisotopic (exact) mass is 332 g/mol. The van der Waals surface area contributed by atoms with Crippen molar-refractivity contribution >= 4 is 16.0 Å². The lowest BCUT2D eigenvalue weighted by Crippen LogP contribution is -2.41. The van der Waals surface area contributed by atoms with Gasteiger partial charge in [0.2, 0.25) is 10.0 Å². The van der Waals surface area contributed by atoms with Gasteiger partial charge in [-0.1, -0.05) is 0 Å². The molecule has 1 heterocycles. The third-order valence-corrected chi connectivity index (χ3v) is 4.79. The number of nitrogens with one attached hydrogen (secondary N) is 1. The van der Waals surface area contributed by atoms with Crippen LogP contribution in [-0.2, 0) is 14.8 Å². The van der Waals surface area contributed by atoms with Gasteiger partial charge in [0.1, 0.15) is 10.7 Å². The van der Waals surface area contributed by atoms with Crippen molar-refractivity contribution in [1.82, 2.24) is 9.62 Å². The fourth-order valence-corrected chi connectivity index (χ4v) is 3.17. The number of carboxylic acids is 1. The van der Waals surface area contributed by atoms with Gasteiger partial charge in [-0.05, 0) is 18.2 Å². The first kappa shape index (κ1) is 16.8. The number of hydrogen-bond acceptors (Lipinski definition) is 5. The summed E-state index contributed by atoms with van der Waals surface area (Å²) in [5, 5.41) is 8.74. The summed E-state index contributed by atoms with van der Waals surface area (Å²) in [6.07, 6.45) is 0. The summed E-state index contributed by atoms with van der Waals surface area (Å²) in [7, 11) is -4.01. The third-order valence-electron chi connectivity index (χ3n) is 3.29. The number of sulfonamides is 1. The lowest BCUT2D eigenvalue weighted by Gasteiger charge is -2.26. The van der Waals surface area contributed by atoms with E-state index in [2.05, 4.69) is 4.72 Å². The fourth-order valence-electron chi connectivity index (χ4n) is 2.09. The predicted octanol–water partition coefficient (Wildman–Crippen LogP) is 0.134. The molecule has 122 valence electrons. The second kappa shape index (κ2) is 7.14. The average Bonchev–Trinajstić information content (AvgIpc) is 2.47. The minimum atomic E-state index is -4.01. The summed E-state index contributed by atoms with van der Waals surface area (Å²) in [5.74, 6) is -2.40. The van der Waals surface area contributed by atoms with Crippen molar-refractivity contribution in [3.05, 3.63) is 29.6 Å². The van der Waals surface area contributed by atoms with Crippen LogP contribution in [0.4, 0.5) is 4.39 Å². The van der Waals surface area contributed by atoms with E-state index >= 15 is 0 Å². The minimum absolute atomic E-state index is 0.141. The molecule has 1 aromatic carbocycles. The predicted molar refractivity (Wildman–Crippen MR) is 75.8 cm³/mol. The van der Waals surface area contributed by atoms with E-state index in [0.717, 1.165) is 25.2 Å². The zero-order valence-electron chi connectivity index (χ0n) is 11.8. The van der Waals surface area contributed by atoms with Gasteiger partial charge in [0.05, 0.1) is 18.8 Å². The van der Waals surface area contributed by atoms with E-state index < -0.39 is 26.7 Å². The summed E-state index contributed by atoms with van der Waals surface area (Å²) >= 11 is 0. The highest BCUT2D eigenvalue weighted by Crippen LogP contribution is 2.16. The van der Waals surface area contributed by atoms with Crippen molar-refractivity contribution in [2.75, 3.05) is 39.4 Å². The van der Waals surface area contributed by atoms with Crippen LogP contribution in [-0.4, -0.2) is 63.8 Å². The number of halogens is 1. The Morgan fingerprint density at radius 1 is 1.36 bits per heavy atom. The SMILES string of the molecule is O=C(O)c1ccc(S(=O)(=O)NCCN2CCOCC2)c(F)c1. The largest absolute Gasteiger partial charge is 0.478 e. The lowest BCUT2D eigenvalue weighted by atomic mass is 10.2. The first-order valence-electron chi connectivity index (χ1n) is 6.73. The van der Waals surface area contributed by atoms with Crippen molar-refractivity contribution in [1.29, 1.82) is 0 Å². The summed E-state index contributed by atoms with van der Waals surface area (Å²) in [5.41, 5.74) is -0.301. The van der Waals surface area contributed by atoms with Crippen LogP contribution in [0, 0.1) is 5.82 Å². The van der Waals surface area contributed by atoms with Crippen LogP contribution in [0.25, 0.3) is 0 Å². The highest BCUT2D eigenvalue weighted by molar-refractivity contribution is 7.89. The maximum absolute atomic E-state index is 13.8. The van der Waals surface area contributed by atoms with E-state index in [-0.39, 0.29) is 12.1 Å². The molecule has 0 spiro atoms. The Kier molecular flexibility index (Phi) is 5.46. The molecule has 0 unspecified atom stereocenters. The number of hydrogen-bond donors (Lipinski definition) is 2. The number of morpholine rings is 1. The Morgan fingerprint density at radius 2 is 2.05 bits per heavy atom. The first-order valence-corrected chi connectivity index (χ1v) is 8.21. The van der Waals surface area contributed by atoms with Crippen molar-refractivity contribution in [2.24, 2.45) is 0 Å². The van der Waals surface area contributed by atoms with E-state index in [1.54, 1.807) is 0 Å². The molecule has 1 fully saturated rings. The van der Waals surface area contributed by atoms with Crippen LogP contribution < -0.4 is 4.72 Å². The molecule has 9 heteroatoms. The molecule has 0 bridgehead atoms. The second-order valence-electron chi connectivity index (χ2n) is 4.80. The molecule has 0 aromatic heterocycles. The summed E-state index contributed by atoms with van der Waals surface area (Å²) in [4.78, 5) is 12.2. The van der Waals surface area contributed by atoms with Gasteiger partial charge >= 0.3 is 5.97 Å². The summed E-state index contributed by atoms with van der Waals surface area (Å²) in [6, 6.07) is 2.71. The Balaban J connectivity index is 1.99. The van der Waals surface area contributed by atoms with E-state index in [1.165, 1.54) is 0 Å². The molecular weight excluding hydrogens is 315 g/mol. The summed E-state index contributed by atoms with van der Waals surface area (Å²) < 4.78 is 45.3. The van der Waals surface area contributed by atoms with Gasteiger partial charge in [0.25, 0.3) is 0 Å². The van der Waals surface area contributed by atoms with Crippen LogP contribution in [0.2, 0.25) is 0 Å². The Morgan fingerprint density at radius 3 is 2.64 bits per heavy atom. The van der Waals surface area contributed by atoms with Gasteiger partial charge in [-0.3, -0.25) is 4.90 Å². The average molecular weight is 332 g/mol. The molecule has 2 rings (SSSR count). The fraction of sp³-hybridized carbons (Fsp3) is 0.462. The second-order valence-corrected chi connectivity index (χ2v) is 6.54. The molecule has 22 heavy (non-hydrogen) atoms. The van der Waals surface area contributed by atoms with Crippen molar-refractivity contribution in [2.45, 2.75) is 4.90 Å². The van der Waals surface area contributed by atoms with Crippen molar-refractivity contribution in [3.8, 4) is 0 Å². The van der Waals surface area contributed by atoms with Gasteiger partial charge in [-0.25, -0.2) is 22.3 Å². The standard InChI is InChI=1S/C13H17FN2O5S/c14-11-9-10(13(17)18)1-2-12(11)22(19,20)15-3-4-16-5-7-21-8-6-16/h1-2,9,15H,3-8H2,(H,17,18). The first-order chi connectivity index (χ1) is 10.4. The van der Waals surface area contributed by atoms with Gasteiger partial charge in [0.15, 0.2) is 0 Å². The number of carbonyl (C=O) groups is 1. The van der Waals surface area contributed by atoms with Crippen LogP contribution in [0.1, 0.15) is 10.4 Å². The van der Waals surface area contributed by atoms with Crippen LogP contribution in [0.5, 0.6) is 0 Å². The smallest absolute Gasteiger partial charge is 0.335 e. The Hall–Kier alpha value is -1.55. The Bertz CT molecular complexity index is 644. The zero-order valence-corrected chi connectivity index (χ0v) is 12.6. The number of aromatic carboxylic acids is 1. The molecule has 7 nitrogen and oxygen atoms in total. The zero-order chi connectivity index (χ0) is 16.2. The van der Waals surface area contributed by atoms with Gasteiger partial charge in [-0.2, -0.15) is 0 Å². The van der Waals surface area contributed by atoms with E-state index in [4.69, 9.17) is 9.84 Å². The highest BCUT2D eigenvalue weighted by Gasteiger charge is 2.20. The van der Waals surface area contributed by atoms with Crippen molar-refractivity contribution in [3.63, 3.8) is 0 Å². The van der Waals surface area contributed by atoms with Crippen LogP contribution in [0.3, 0.4) is 0 Å². The Labute approximate surface area is 127 Å². The molecule has 0 saturated carbocycles. The van der Waals surface area contributed by atoms with Crippen molar-refractivity contribution < 1.29 is 27.4 Å². The number of ether oxygens (including phenoxy) is 1. The quantitative estimate of drug-likeness (QED) is 0.769. The maximum Gasteiger partial charge on any atom is 0.335 e. The van der Waals surface area contributed by atoms with E-state index in [9.17, 15) is 17.6 Å². The molecule has 1 saturated heterocycles. The maximum atomic E-state index is 13.8. The van der Waals surface area contributed by atoms with E-state index in [1.807, 2.05) is 4.90 Å². The molecule has 1 aliphatic heterocycles. The minimum Gasteiger partial charge on any atom is -0.478 e. The third kappa shape index (κ3) is 4.23. The number of benzene rings is 1. The van der Waals surface area contributed by atoms with Gasteiger partial charge in [0, 0.05) is 26.2 Å². The molecule has 0 amide bonds. The molecular formula is C13H17FN2O5S. The number of nitrogens with zero attached hydrogens (tertiary/aromatic N) is 1. The van der Waals surface area contributed by atoms with Crippen LogP contribution in [0.15, 0.2) is 23.1 Å². The molecule has 0 aliphatic carbocycles. The summed E-state index contributed by atoms with van der Waals surface area (Å²) in [6.45, 7) is 3.31. The molecule has 0 radical (unpaired) electrons. The molecule has 0 atom stereocenters. The molecule has 1 aromatic rings.